The monoisotopic (exact) mass is 261 g/mol. The normalized spacial score (nSPS) is 11.3. The van der Waals surface area contributed by atoms with Gasteiger partial charge in [-0.25, -0.2) is 4.79 Å². The Bertz CT molecular complexity index is 576. The van der Waals surface area contributed by atoms with Crippen molar-refractivity contribution in [3.05, 3.63) is 52.2 Å². The summed E-state index contributed by atoms with van der Waals surface area (Å²) >= 11 is 1.51. The highest BCUT2D eigenvalue weighted by atomic mass is 32.1. The third kappa shape index (κ3) is 2.75. The third-order valence-corrected chi connectivity index (χ3v) is 3.25. The Morgan fingerprint density at radius 2 is 2.06 bits per heavy atom. The van der Waals surface area contributed by atoms with E-state index in [9.17, 15) is 9.90 Å². The molecule has 0 atom stereocenters. The molecule has 0 amide bonds. The number of hydrogen-bond acceptors (Lipinski definition) is 5. The molecule has 1 N–H and O–H groups in total. The summed E-state index contributed by atoms with van der Waals surface area (Å²) in [5.74, 6) is -0.796. The number of aromatic hydroxyl groups is 1. The lowest BCUT2D eigenvalue weighted by Gasteiger charge is -2.01. The second kappa shape index (κ2) is 5.46. The molecule has 0 aliphatic carbocycles. The number of nitrogens with zero attached hydrogens (tertiary/aromatic N) is 1. The predicted octanol–water partition coefficient (Wildman–Crippen LogP) is 3.03. The lowest BCUT2D eigenvalue weighted by atomic mass is 10.2. The van der Waals surface area contributed by atoms with Gasteiger partial charge in [0.15, 0.2) is 0 Å². The molecule has 0 spiro atoms. The van der Waals surface area contributed by atoms with E-state index in [0.717, 1.165) is 4.88 Å². The van der Waals surface area contributed by atoms with Gasteiger partial charge in [0, 0.05) is 0 Å². The van der Waals surface area contributed by atoms with Gasteiger partial charge in [0.1, 0.15) is 11.3 Å². The van der Waals surface area contributed by atoms with Crippen molar-refractivity contribution >= 4 is 23.0 Å². The second-order valence-corrected chi connectivity index (χ2v) is 4.50. The average molecular weight is 261 g/mol. The fourth-order valence-electron chi connectivity index (χ4n) is 1.33. The predicted molar refractivity (Wildman–Crippen MR) is 70.1 cm³/mol. The van der Waals surface area contributed by atoms with Crippen molar-refractivity contribution < 1.29 is 14.7 Å². The van der Waals surface area contributed by atoms with E-state index >= 15 is 0 Å². The van der Waals surface area contributed by atoms with Crippen molar-refractivity contribution in [2.24, 2.45) is 5.16 Å². The number of rotatable bonds is 3. The summed E-state index contributed by atoms with van der Waals surface area (Å²) in [5, 5.41) is 15.1. The molecule has 0 aliphatic rings. The Labute approximate surface area is 108 Å². The molecular weight excluding hydrogens is 250 g/mol. The Morgan fingerprint density at radius 3 is 2.72 bits per heavy atom. The highest BCUT2D eigenvalue weighted by Gasteiger charge is 2.12. The van der Waals surface area contributed by atoms with Gasteiger partial charge in [0.2, 0.25) is 0 Å². The minimum Gasteiger partial charge on any atom is -0.507 e. The summed E-state index contributed by atoms with van der Waals surface area (Å²) in [6, 6.07) is 9.96. The zero-order chi connectivity index (χ0) is 13.0. The van der Waals surface area contributed by atoms with Gasteiger partial charge in [-0.3, -0.25) is 0 Å². The molecule has 0 saturated carbocycles. The topological polar surface area (TPSA) is 58.9 Å². The Morgan fingerprint density at radius 1 is 1.28 bits per heavy atom. The molecular formula is C13H11NO3S. The van der Waals surface area contributed by atoms with Crippen LogP contribution in [0.5, 0.6) is 5.75 Å². The molecule has 1 aromatic heterocycles. The van der Waals surface area contributed by atoms with E-state index in [2.05, 4.69) is 5.16 Å². The van der Waals surface area contributed by atoms with Gasteiger partial charge in [-0.2, -0.15) is 0 Å². The number of oxime groups is 1. The first-order valence-corrected chi connectivity index (χ1v) is 6.14. The average Bonchev–Trinajstić information content (AvgIpc) is 2.90. The molecule has 0 radical (unpaired) electrons. The number of carbonyl (C=O) groups excluding carboxylic acids is 1. The summed E-state index contributed by atoms with van der Waals surface area (Å²) in [6.45, 7) is 1.75. The molecule has 0 saturated heterocycles. The summed E-state index contributed by atoms with van der Waals surface area (Å²) in [4.78, 5) is 17.4. The van der Waals surface area contributed by atoms with E-state index in [4.69, 9.17) is 4.84 Å². The number of phenolic OH excluding ortho intramolecular Hbond substituents is 1. The van der Waals surface area contributed by atoms with Crippen LogP contribution >= 0.6 is 11.3 Å². The van der Waals surface area contributed by atoms with E-state index in [1.165, 1.54) is 23.5 Å². The Balaban J connectivity index is 2.09. The van der Waals surface area contributed by atoms with Crippen molar-refractivity contribution in [2.75, 3.05) is 0 Å². The molecule has 18 heavy (non-hydrogen) atoms. The van der Waals surface area contributed by atoms with Crippen molar-refractivity contribution in [3.63, 3.8) is 0 Å². The largest absolute Gasteiger partial charge is 0.507 e. The van der Waals surface area contributed by atoms with E-state index in [1.807, 2.05) is 17.5 Å². The molecule has 2 rings (SSSR count). The lowest BCUT2D eigenvalue weighted by molar-refractivity contribution is 0.0513. The van der Waals surface area contributed by atoms with Crippen LogP contribution in [0.25, 0.3) is 0 Å². The first kappa shape index (κ1) is 12.3. The fraction of sp³-hybridized carbons (Fsp3) is 0.0769. The maximum atomic E-state index is 11.7. The molecule has 92 valence electrons. The number of hydrogen-bond donors (Lipinski definition) is 1. The van der Waals surface area contributed by atoms with Crippen molar-refractivity contribution in [3.8, 4) is 5.75 Å². The van der Waals surface area contributed by atoms with Crippen LogP contribution in [0, 0.1) is 0 Å². The van der Waals surface area contributed by atoms with E-state index in [0.29, 0.717) is 5.71 Å². The molecule has 0 fully saturated rings. The molecule has 0 unspecified atom stereocenters. The van der Waals surface area contributed by atoms with Gasteiger partial charge in [-0.15, -0.1) is 11.3 Å². The Kier molecular flexibility index (Phi) is 3.74. The van der Waals surface area contributed by atoms with Crippen molar-refractivity contribution in [1.29, 1.82) is 0 Å². The van der Waals surface area contributed by atoms with Crippen molar-refractivity contribution in [1.82, 2.24) is 0 Å². The van der Waals surface area contributed by atoms with Gasteiger partial charge in [0.05, 0.1) is 10.6 Å². The maximum Gasteiger partial charge on any atom is 0.369 e. The van der Waals surface area contributed by atoms with Crippen LogP contribution in [0.15, 0.2) is 46.9 Å². The van der Waals surface area contributed by atoms with Crippen LogP contribution in [0.3, 0.4) is 0 Å². The minimum atomic E-state index is -0.677. The number of benzene rings is 1. The highest BCUT2D eigenvalue weighted by molar-refractivity contribution is 7.12. The summed E-state index contributed by atoms with van der Waals surface area (Å²) in [7, 11) is 0. The SMILES string of the molecule is C/C(=N\OC(=O)c1ccccc1O)c1cccs1. The number of thiophene rings is 1. The standard InChI is InChI=1S/C13H11NO3S/c1-9(12-7-4-8-18-12)14-17-13(16)10-5-2-3-6-11(10)15/h2-8,15H,1H3/b14-9+. The van der Waals surface area contributed by atoms with Gasteiger partial charge in [-0.1, -0.05) is 23.4 Å². The smallest absolute Gasteiger partial charge is 0.369 e. The fourth-order valence-corrected chi connectivity index (χ4v) is 2.00. The molecule has 0 aliphatic heterocycles. The molecule has 0 bridgehead atoms. The number of carbonyl (C=O) groups is 1. The second-order valence-electron chi connectivity index (χ2n) is 3.55. The molecule has 5 heteroatoms. The van der Waals surface area contributed by atoms with Gasteiger partial charge in [0.25, 0.3) is 0 Å². The molecule has 1 aromatic carbocycles. The van der Waals surface area contributed by atoms with Gasteiger partial charge < -0.3 is 9.94 Å². The third-order valence-electron chi connectivity index (χ3n) is 2.27. The van der Waals surface area contributed by atoms with Crippen molar-refractivity contribution in [2.45, 2.75) is 6.92 Å². The number of phenols is 1. The van der Waals surface area contributed by atoms with E-state index < -0.39 is 5.97 Å². The van der Waals surface area contributed by atoms with Crippen LogP contribution < -0.4 is 0 Å². The van der Waals surface area contributed by atoms with Crippen LogP contribution in [0.4, 0.5) is 0 Å². The zero-order valence-corrected chi connectivity index (χ0v) is 10.5. The molecule has 1 heterocycles. The van der Waals surface area contributed by atoms with Crippen LogP contribution in [0.1, 0.15) is 22.2 Å². The summed E-state index contributed by atoms with van der Waals surface area (Å²) in [5.41, 5.74) is 0.717. The first-order valence-electron chi connectivity index (χ1n) is 5.26. The Hall–Kier alpha value is -2.14. The van der Waals surface area contributed by atoms with E-state index in [-0.39, 0.29) is 11.3 Å². The van der Waals surface area contributed by atoms with Gasteiger partial charge >= 0.3 is 5.97 Å². The van der Waals surface area contributed by atoms with Gasteiger partial charge in [-0.05, 0) is 30.5 Å². The van der Waals surface area contributed by atoms with Crippen LogP contribution in [0.2, 0.25) is 0 Å². The molecule has 2 aromatic rings. The lowest BCUT2D eigenvalue weighted by Crippen LogP contribution is -2.03. The molecule has 4 nitrogen and oxygen atoms in total. The minimum absolute atomic E-state index is 0.0974. The van der Waals surface area contributed by atoms with Crippen LogP contribution in [-0.2, 0) is 4.84 Å². The number of para-hydroxylation sites is 1. The summed E-state index contributed by atoms with van der Waals surface area (Å²) < 4.78 is 0. The quantitative estimate of drug-likeness (QED) is 0.525. The summed E-state index contributed by atoms with van der Waals surface area (Å²) in [6.07, 6.45) is 0. The van der Waals surface area contributed by atoms with E-state index in [1.54, 1.807) is 19.1 Å². The van der Waals surface area contributed by atoms with Crippen LogP contribution in [-0.4, -0.2) is 16.8 Å². The maximum absolute atomic E-state index is 11.7. The first-order chi connectivity index (χ1) is 8.68. The zero-order valence-electron chi connectivity index (χ0n) is 9.66. The highest BCUT2D eigenvalue weighted by Crippen LogP contribution is 2.17.